The lowest BCUT2D eigenvalue weighted by atomic mass is 10.2. The fraction of sp³-hybridized carbons (Fsp3) is 0.750. The first-order valence-electron chi connectivity index (χ1n) is 6.16. The van der Waals surface area contributed by atoms with E-state index in [4.69, 9.17) is 0 Å². The summed E-state index contributed by atoms with van der Waals surface area (Å²) in [7, 11) is 0. The molecule has 1 aliphatic carbocycles. The van der Waals surface area contributed by atoms with Gasteiger partial charge in [-0.2, -0.15) is 13.2 Å². The summed E-state index contributed by atoms with van der Waals surface area (Å²) in [4.78, 5) is 3.86. The van der Waals surface area contributed by atoms with E-state index in [-0.39, 0.29) is 12.8 Å². The van der Waals surface area contributed by atoms with Crippen LogP contribution in [0.5, 0.6) is 0 Å². The van der Waals surface area contributed by atoms with Crippen molar-refractivity contribution in [2.75, 3.05) is 6.54 Å². The van der Waals surface area contributed by atoms with Gasteiger partial charge in [-0.25, -0.2) is 4.98 Å². The molecule has 1 aromatic rings. The predicted molar refractivity (Wildman–Crippen MR) is 62.0 cm³/mol. The lowest BCUT2D eigenvalue weighted by Crippen LogP contribution is -2.36. The molecule has 3 nitrogen and oxygen atoms in total. The van der Waals surface area contributed by atoms with Crippen molar-refractivity contribution < 1.29 is 13.2 Å². The Balaban J connectivity index is 2.09. The van der Waals surface area contributed by atoms with Crippen molar-refractivity contribution in [3.63, 3.8) is 0 Å². The monoisotopic (exact) mass is 261 g/mol. The van der Waals surface area contributed by atoms with Gasteiger partial charge in [-0.05, 0) is 25.3 Å². The molecule has 1 aromatic heterocycles. The average Bonchev–Trinajstić information content (AvgIpc) is 2.93. The van der Waals surface area contributed by atoms with Gasteiger partial charge >= 0.3 is 6.18 Å². The summed E-state index contributed by atoms with van der Waals surface area (Å²) < 4.78 is 40.4. The van der Waals surface area contributed by atoms with Gasteiger partial charge in [0, 0.05) is 12.7 Å². The molecule has 6 heteroatoms. The van der Waals surface area contributed by atoms with E-state index in [1.165, 1.54) is 17.1 Å². The van der Waals surface area contributed by atoms with E-state index >= 15 is 0 Å². The molecule has 0 unspecified atom stereocenters. The molecule has 102 valence electrons. The highest BCUT2D eigenvalue weighted by molar-refractivity contribution is 5.13. The van der Waals surface area contributed by atoms with Crippen LogP contribution in [-0.2, 0) is 12.1 Å². The van der Waals surface area contributed by atoms with E-state index in [1.807, 2.05) is 0 Å². The van der Waals surface area contributed by atoms with Crippen molar-refractivity contribution in [3.8, 4) is 0 Å². The molecule has 1 aliphatic rings. The summed E-state index contributed by atoms with van der Waals surface area (Å²) >= 11 is 0. The first kappa shape index (κ1) is 13.4. The Morgan fingerprint density at radius 1 is 1.44 bits per heavy atom. The molecule has 0 aliphatic heterocycles. The lowest BCUT2D eigenvalue weighted by molar-refractivity contribution is -0.180. The van der Waals surface area contributed by atoms with E-state index in [2.05, 4.69) is 24.1 Å². The van der Waals surface area contributed by atoms with Crippen LogP contribution in [0, 0.1) is 5.92 Å². The van der Waals surface area contributed by atoms with Crippen LogP contribution < -0.4 is 5.32 Å². The number of imidazole rings is 1. The van der Waals surface area contributed by atoms with Crippen LogP contribution in [0.3, 0.4) is 0 Å². The average molecular weight is 261 g/mol. The number of nitrogens with one attached hydrogen (secondary N) is 1. The Labute approximate surface area is 104 Å². The van der Waals surface area contributed by atoms with Crippen molar-refractivity contribution in [2.24, 2.45) is 5.92 Å². The molecule has 0 aromatic carbocycles. The van der Waals surface area contributed by atoms with Gasteiger partial charge in [0.25, 0.3) is 0 Å². The first-order valence-corrected chi connectivity index (χ1v) is 6.16. The van der Waals surface area contributed by atoms with E-state index in [9.17, 15) is 13.2 Å². The minimum absolute atomic E-state index is 0.157. The summed E-state index contributed by atoms with van der Waals surface area (Å²) in [6.07, 6.45) is -1.07. The minimum atomic E-state index is -4.19. The molecule has 18 heavy (non-hydrogen) atoms. The van der Waals surface area contributed by atoms with Gasteiger partial charge in [-0.3, -0.25) is 0 Å². The summed E-state index contributed by atoms with van der Waals surface area (Å²) in [5, 5.41) is 3.15. The van der Waals surface area contributed by atoms with Crippen LogP contribution in [0.2, 0.25) is 0 Å². The molecule has 1 heterocycles. The largest absolute Gasteiger partial charge is 0.411 e. The van der Waals surface area contributed by atoms with Crippen LogP contribution in [-0.4, -0.2) is 22.3 Å². The molecule has 0 amide bonds. The maximum absolute atomic E-state index is 13.0. The molecule has 1 saturated carbocycles. The standard InChI is InChI=1S/C12H18F3N3/c1-9(2)5-16-6-10-7-17-8-18(10)11(3-4-11)12(13,14)15/h7-9,16H,3-6H2,1-2H3. The number of hydrogen-bond acceptors (Lipinski definition) is 2. The Kier molecular flexibility index (Phi) is 3.40. The van der Waals surface area contributed by atoms with E-state index in [1.54, 1.807) is 0 Å². The fourth-order valence-corrected chi connectivity index (χ4v) is 2.11. The zero-order valence-electron chi connectivity index (χ0n) is 10.6. The molecule has 0 radical (unpaired) electrons. The van der Waals surface area contributed by atoms with Gasteiger partial charge in [-0.1, -0.05) is 13.8 Å². The number of alkyl halides is 3. The highest BCUT2D eigenvalue weighted by Gasteiger charge is 2.65. The fourth-order valence-electron chi connectivity index (χ4n) is 2.11. The van der Waals surface area contributed by atoms with Crippen LogP contribution in [0.15, 0.2) is 12.5 Å². The highest BCUT2D eigenvalue weighted by Crippen LogP contribution is 2.55. The summed E-state index contributed by atoms with van der Waals surface area (Å²) in [5.41, 5.74) is -1.09. The predicted octanol–water partition coefficient (Wildman–Crippen LogP) is 2.68. The molecule has 1 N–H and O–H groups in total. The third kappa shape index (κ3) is 2.39. The molecule has 1 fully saturated rings. The molecule has 0 atom stereocenters. The van der Waals surface area contributed by atoms with Crippen molar-refractivity contribution >= 4 is 0 Å². The maximum Gasteiger partial charge on any atom is 0.411 e. The quantitative estimate of drug-likeness (QED) is 0.883. The second-order valence-electron chi connectivity index (χ2n) is 5.31. The summed E-state index contributed by atoms with van der Waals surface area (Å²) in [5.74, 6) is 0.471. The Morgan fingerprint density at radius 2 is 2.11 bits per heavy atom. The second kappa shape index (κ2) is 4.57. The van der Waals surface area contributed by atoms with Crippen molar-refractivity contribution in [1.82, 2.24) is 14.9 Å². The zero-order chi connectivity index (χ0) is 13.4. The smallest absolute Gasteiger partial charge is 0.318 e. The Hall–Kier alpha value is -1.04. The van der Waals surface area contributed by atoms with Gasteiger partial charge in [-0.15, -0.1) is 0 Å². The molecular formula is C12H18F3N3. The van der Waals surface area contributed by atoms with Crippen LogP contribution in [0.25, 0.3) is 0 Å². The molecule has 0 spiro atoms. The Bertz CT molecular complexity index is 405. The van der Waals surface area contributed by atoms with E-state index in [0.717, 1.165) is 6.54 Å². The molecule has 0 saturated heterocycles. The van der Waals surface area contributed by atoms with E-state index < -0.39 is 11.7 Å². The number of aromatic nitrogens is 2. The first-order chi connectivity index (χ1) is 8.37. The van der Waals surface area contributed by atoms with Gasteiger partial charge in [0.15, 0.2) is 0 Å². The van der Waals surface area contributed by atoms with Gasteiger partial charge in [0.05, 0.1) is 12.0 Å². The van der Waals surface area contributed by atoms with Gasteiger partial charge in [0.2, 0.25) is 0 Å². The van der Waals surface area contributed by atoms with Crippen LogP contribution in [0.4, 0.5) is 13.2 Å². The number of halogens is 3. The van der Waals surface area contributed by atoms with Crippen LogP contribution >= 0.6 is 0 Å². The van der Waals surface area contributed by atoms with Crippen LogP contribution in [0.1, 0.15) is 32.4 Å². The Morgan fingerprint density at radius 3 is 2.61 bits per heavy atom. The maximum atomic E-state index is 13.0. The highest BCUT2D eigenvalue weighted by atomic mass is 19.4. The van der Waals surface area contributed by atoms with Crippen molar-refractivity contribution in [2.45, 2.75) is 44.9 Å². The van der Waals surface area contributed by atoms with Crippen molar-refractivity contribution in [3.05, 3.63) is 18.2 Å². The minimum Gasteiger partial charge on any atom is -0.318 e. The zero-order valence-corrected chi connectivity index (χ0v) is 10.6. The lowest BCUT2D eigenvalue weighted by Gasteiger charge is -2.23. The third-order valence-corrected chi connectivity index (χ3v) is 3.29. The number of rotatable bonds is 5. The molecular weight excluding hydrogens is 243 g/mol. The normalized spacial score (nSPS) is 18.3. The third-order valence-electron chi connectivity index (χ3n) is 3.29. The molecule has 0 bridgehead atoms. The summed E-state index contributed by atoms with van der Waals surface area (Å²) in [6, 6.07) is 0. The van der Waals surface area contributed by atoms with Crippen molar-refractivity contribution in [1.29, 1.82) is 0 Å². The van der Waals surface area contributed by atoms with Gasteiger partial charge in [0.1, 0.15) is 5.54 Å². The topological polar surface area (TPSA) is 29.9 Å². The summed E-state index contributed by atoms with van der Waals surface area (Å²) in [6.45, 7) is 5.32. The van der Waals surface area contributed by atoms with Gasteiger partial charge < -0.3 is 9.88 Å². The van der Waals surface area contributed by atoms with E-state index in [0.29, 0.717) is 18.2 Å². The number of hydrogen-bond donors (Lipinski definition) is 1. The number of nitrogens with zero attached hydrogens (tertiary/aromatic N) is 2. The second-order valence-corrected chi connectivity index (χ2v) is 5.31. The molecule has 2 rings (SSSR count). The SMILES string of the molecule is CC(C)CNCc1cncn1C1(C(F)(F)F)CC1.